The van der Waals surface area contributed by atoms with E-state index < -0.39 is 36.2 Å². The molecule has 1 aromatic carbocycles. The van der Waals surface area contributed by atoms with Crippen molar-refractivity contribution in [1.29, 1.82) is 0 Å². The first kappa shape index (κ1) is 29.6. The molecule has 0 spiro atoms. The highest BCUT2D eigenvalue weighted by molar-refractivity contribution is 5.90. The first-order valence-electron chi connectivity index (χ1n) is 11.8. The summed E-state index contributed by atoms with van der Waals surface area (Å²) >= 11 is 0. The SMILES string of the molecule is CCN(CCON(C)C(=O)CNCc1c[nH]nn1)c1c(F)cc(N2C[C@H](CNC(=O)C(F)F)OC2=O)cc1F. The van der Waals surface area contributed by atoms with Crippen LogP contribution in [0.25, 0.3) is 0 Å². The lowest BCUT2D eigenvalue weighted by atomic mass is 10.2. The third-order valence-corrected chi connectivity index (χ3v) is 5.63. The van der Waals surface area contributed by atoms with Crippen molar-refractivity contribution >= 4 is 29.3 Å². The van der Waals surface area contributed by atoms with E-state index in [4.69, 9.17) is 9.57 Å². The maximum atomic E-state index is 15.0. The molecule has 17 heteroatoms. The van der Waals surface area contributed by atoms with Gasteiger partial charge in [0.25, 0.3) is 11.8 Å². The van der Waals surface area contributed by atoms with E-state index >= 15 is 8.78 Å². The number of nitrogens with one attached hydrogen (secondary N) is 3. The standard InChI is InChI=1S/C22H28F4N8O5/c1-3-33(4-5-38-32(2)18(35)11-27-8-13-9-29-31-30-13)19-16(23)6-14(7-17(19)24)34-12-15(39-22(34)37)10-28-21(36)20(25)26/h6-7,9,15,20,27H,3-5,8,10-12H2,1-2H3,(H,28,36)(H,29,30,31)/t15-/m0/s1. The van der Waals surface area contributed by atoms with Crippen LogP contribution < -0.4 is 20.4 Å². The van der Waals surface area contributed by atoms with Crippen molar-refractivity contribution in [3.05, 3.63) is 35.7 Å². The van der Waals surface area contributed by atoms with Crippen molar-refractivity contribution in [1.82, 2.24) is 31.1 Å². The number of benzene rings is 1. The molecule has 0 bridgehead atoms. The highest BCUT2D eigenvalue weighted by Crippen LogP contribution is 2.31. The molecular formula is C22H28F4N8O5. The second kappa shape index (κ2) is 13.7. The van der Waals surface area contributed by atoms with Gasteiger partial charge in [0.05, 0.1) is 37.6 Å². The lowest BCUT2D eigenvalue weighted by Gasteiger charge is -2.26. The van der Waals surface area contributed by atoms with Gasteiger partial charge in [0, 0.05) is 45.0 Å². The first-order chi connectivity index (χ1) is 18.6. The van der Waals surface area contributed by atoms with Crippen LogP contribution in [0.2, 0.25) is 0 Å². The largest absolute Gasteiger partial charge is 0.442 e. The third-order valence-electron chi connectivity index (χ3n) is 5.63. The van der Waals surface area contributed by atoms with Crippen molar-refractivity contribution in [2.45, 2.75) is 26.0 Å². The molecule has 2 aromatic rings. The molecule has 1 atom stereocenters. The number of nitrogens with zero attached hydrogens (tertiary/aromatic N) is 5. The summed E-state index contributed by atoms with van der Waals surface area (Å²) in [5, 5.41) is 15.7. The minimum absolute atomic E-state index is 0.0331. The van der Waals surface area contributed by atoms with Gasteiger partial charge in [0.1, 0.15) is 11.8 Å². The van der Waals surface area contributed by atoms with E-state index in [1.54, 1.807) is 13.1 Å². The van der Waals surface area contributed by atoms with E-state index in [0.29, 0.717) is 12.2 Å². The topological polar surface area (TPSA) is 145 Å². The minimum atomic E-state index is -3.23. The number of ether oxygens (including phenoxy) is 1. The number of halogens is 4. The van der Waals surface area contributed by atoms with Crippen LogP contribution in [-0.4, -0.2) is 97.3 Å². The van der Waals surface area contributed by atoms with Gasteiger partial charge in [0.15, 0.2) is 11.6 Å². The van der Waals surface area contributed by atoms with Gasteiger partial charge >= 0.3 is 12.5 Å². The summed E-state index contributed by atoms with van der Waals surface area (Å²) in [7, 11) is 1.41. The Morgan fingerprint density at radius 1 is 1.31 bits per heavy atom. The van der Waals surface area contributed by atoms with Crippen molar-refractivity contribution in [2.75, 3.05) is 56.2 Å². The Balaban J connectivity index is 1.53. The van der Waals surface area contributed by atoms with E-state index in [1.165, 1.54) is 11.9 Å². The summed E-state index contributed by atoms with van der Waals surface area (Å²) in [5.41, 5.74) is 0.124. The number of H-pyrrole nitrogens is 1. The van der Waals surface area contributed by atoms with Gasteiger partial charge in [0.2, 0.25) is 0 Å². The van der Waals surface area contributed by atoms with E-state index in [9.17, 15) is 23.2 Å². The van der Waals surface area contributed by atoms with Crippen LogP contribution in [0.1, 0.15) is 12.6 Å². The number of aromatic nitrogens is 3. The van der Waals surface area contributed by atoms with Crippen LogP contribution in [0, 0.1) is 11.6 Å². The molecule has 3 amide bonds. The Morgan fingerprint density at radius 3 is 2.64 bits per heavy atom. The van der Waals surface area contributed by atoms with E-state index in [0.717, 1.165) is 22.1 Å². The quantitative estimate of drug-likeness (QED) is 0.226. The lowest BCUT2D eigenvalue weighted by molar-refractivity contribution is -0.176. The van der Waals surface area contributed by atoms with Crippen molar-refractivity contribution < 1.29 is 41.5 Å². The molecule has 0 unspecified atom stereocenters. The van der Waals surface area contributed by atoms with Gasteiger partial charge in [-0.2, -0.15) is 8.78 Å². The molecule has 214 valence electrons. The number of anilines is 2. The molecule has 0 aliphatic carbocycles. The molecule has 1 aliphatic rings. The molecule has 3 N–H and O–H groups in total. The Kier molecular flexibility index (Phi) is 10.4. The first-order valence-corrected chi connectivity index (χ1v) is 11.8. The van der Waals surface area contributed by atoms with Crippen LogP contribution in [0.5, 0.6) is 0 Å². The predicted octanol–water partition coefficient (Wildman–Crippen LogP) is 0.796. The molecule has 1 aromatic heterocycles. The van der Waals surface area contributed by atoms with E-state index in [2.05, 4.69) is 20.7 Å². The lowest BCUT2D eigenvalue weighted by Crippen LogP contribution is -2.38. The van der Waals surface area contributed by atoms with Gasteiger partial charge in [-0.25, -0.2) is 18.6 Å². The highest BCUT2D eigenvalue weighted by Gasteiger charge is 2.34. The van der Waals surface area contributed by atoms with Crippen molar-refractivity contribution in [3.63, 3.8) is 0 Å². The highest BCUT2D eigenvalue weighted by atomic mass is 19.3. The van der Waals surface area contributed by atoms with Crippen LogP contribution in [0.15, 0.2) is 18.3 Å². The monoisotopic (exact) mass is 560 g/mol. The number of amides is 3. The number of hydroxylamine groups is 2. The number of hydrogen-bond acceptors (Lipinski definition) is 9. The van der Waals surface area contributed by atoms with Gasteiger partial charge in [-0.15, -0.1) is 5.10 Å². The molecule has 0 radical (unpaired) electrons. The zero-order valence-corrected chi connectivity index (χ0v) is 21.1. The molecule has 1 aliphatic heterocycles. The zero-order valence-electron chi connectivity index (χ0n) is 21.1. The van der Waals surface area contributed by atoms with Crippen LogP contribution in [-0.2, 0) is 25.7 Å². The number of hydrogen-bond donors (Lipinski definition) is 3. The van der Waals surface area contributed by atoms with Gasteiger partial charge in [-0.1, -0.05) is 5.21 Å². The fraction of sp³-hybridized carbons (Fsp3) is 0.500. The van der Waals surface area contributed by atoms with Crippen molar-refractivity contribution in [2.24, 2.45) is 0 Å². The molecule has 13 nitrogen and oxygen atoms in total. The number of aromatic amines is 1. The second-order valence-corrected chi connectivity index (χ2v) is 8.29. The fourth-order valence-electron chi connectivity index (χ4n) is 3.65. The van der Waals surface area contributed by atoms with Crippen molar-refractivity contribution in [3.8, 4) is 0 Å². The summed E-state index contributed by atoms with van der Waals surface area (Å²) in [5.74, 6) is -3.83. The molecule has 1 saturated heterocycles. The number of alkyl halides is 2. The maximum absolute atomic E-state index is 15.0. The van der Waals surface area contributed by atoms with Gasteiger partial charge in [-0.3, -0.25) is 24.4 Å². The summed E-state index contributed by atoms with van der Waals surface area (Å²) in [6.45, 7) is 1.53. The normalized spacial score (nSPS) is 15.0. The molecule has 3 rings (SSSR count). The Bertz CT molecular complexity index is 1120. The molecule has 0 saturated carbocycles. The average Bonchev–Trinajstić information content (AvgIpc) is 3.54. The van der Waals surface area contributed by atoms with Crippen LogP contribution in [0.3, 0.4) is 0 Å². The fourth-order valence-corrected chi connectivity index (χ4v) is 3.65. The van der Waals surface area contributed by atoms with Gasteiger partial charge < -0.3 is 20.3 Å². The number of rotatable bonds is 14. The Morgan fingerprint density at radius 2 is 2.03 bits per heavy atom. The average molecular weight is 561 g/mol. The number of likely N-dealkylation sites (N-methyl/N-ethyl adjacent to an activating group) is 2. The smallest absolute Gasteiger partial charge is 0.414 e. The molecular weight excluding hydrogens is 532 g/mol. The van der Waals surface area contributed by atoms with Crippen LogP contribution in [0.4, 0.5) is 33.7 Å². The number of carbonyl (C=O) groups excluding carboxylic acids is 3. The molecule has 2 heterocycles. The minimum Gasteiger partial charge on any atom is -0.442 e. The second-order valence-electron chi connectivity index (χ2n) is 8.29. The van der Waals surface area contributed by atoms with Crippen LogP contribution >= 0.6 is 0 Å². The molecule has 1 fully saturated rings. The van der Waals surface area contributed by atoms with Gasteiger partial charge in [-0.05, 0) is 6.92 Å². The number of carbonyl (C=O) groups is 3. The van der Waals surface area contributed by atoms with E-state index in [1.807, 2.05) is 5.32 Å². The Labute approximate surface area is 220 Å². The zero-order chi connectivity index (χ0) is 28.5. The summed E-state index contributed by atoms with van der Waals surface area (Å²) in [4.78, 5) is 43.1. The summed E-state index contributed by atoms with van der Waals surface area (Å²) < 4.78 is 59.7. The summed E-state index contributed by atoms with van der Waals surface area (Å²) in [6, 6.07) is 1.89. The Hall–Kier alpha value is -3.99. The van der Waals surface area contributed by atoms with E-state index in [-0.39, 0.29) is 56.6 Å². The predicted molar refractivity (Wildman–Crippen MR) is 128 cm³/mol. The molecule has 39 heavy (non-hydrogen) atoms. The number of cyclic esters (lactones) is 1. The maximum Gasteiger partial charge on any atom is 0.414 e. The summed E-state index contributed by atoms with van der Waals surface area (Å²) in [6.07, 6.45) is -3.57. The third kappa shape index (κ3) is 8.00.